The van der Waals surface area contributed by atoms with E-state index in [1.54, 1.807) is 0 Å². The van der Waals surface area contributed by atoms with E-state index in [2.05, 4.69) is 23.3 Å². The standard InChI is InChI=1S/C15H16N2OS/c1-9(17-16)13-8-19-15(14(13)18)12-6-5-10-3-2-4-11(10)7-12/h5-9,16,18H,2-4H2,1H3. The van der Waals surface area contributed by atoms with Crippen LogP contribution in [0.15, 0.2) is 28.7 Å². The number of benzene rings is 1. The molecule has 3 rings (SSSR count). The second-order valence-electron chi connectivity index (χ2n) is 5.01. The molecule has 1 heterocycles. The van der Waals surface area contributed by atoms with Crippen LogP contribution in [-0.2, 0) is 12.8 Å². The molecule has 0 spiro atoms. The van der Waals surface area contributed by atoms with Gasteiger partial charge in [0, 0.05) is 10.9 Å². The van der Waals surface area contributed by atoms with E-state index in [1.807, 2.05) is 12.3 Å². The fraction of sp³-hybridized carbons (Fsp3) is 0.333. The van der Waals surface area contributed by atoms with Gasteiger partial charge in [0.25, 0.3) is 0 Å². The first-order valence-electron chi connectivity index (χ1n) is 6.50. The van der Waals surface area contributed by atoms with Crippen LogP contribution >= 0.6 is 11.3 Å². The van der Waals surface area contributed by atoms with Crippen LogP contribution in [0.5, 0.6) is 5.75 Å². The van der Waals surface area contributed by atoms with Crippen molar-refractivity contribution >= 4 is 11.3 Å². The lowest BCUT2D eigenvalue weighted by Gasteiger charge is -2.06. The molecule has 1 aromatic carbocycles. The molecule has 2 N–H and O–H groups in total. The maximum absolute atomic E-state index is 10.3. The van der Waals surface area contributed by atoms with Crippen LogP contribution in [0.1, 0.15) is 36.1 Å². The number of nitrogens with one attached hydrogen (secondary N) is 1. The van der Waals surface area contributed by atoms with E-state index in [9.17, 15) is 5.11 Å². The molecule has 0 saturated heterocycles. The van der Waals surface area contributed by atoms with E-state index < -0.39 is 0 Å². The van der Waals surface area contributed by atoms with Gasteiger partial charge in [-0.15, -0.1) is 11.3 Å². The highest BCUT2D eigenvalue weighted by atomic mass is 32.1. The fourth-order valence-electron chi connectivity index (χ4n) is 2.65. The van der Waals surface area contributed by atoms with Crippen molar-refractivity contribution in [3.63, 3.8) is 0 Å². The molecule has 1 atom stereocenters. The van der Waals surface area contributed by atoms with Crippen LogP contribution in [0.3, 0.4) is 0 Å². The van der Waals surface area contributed by atoms with Gasteiger partial charge in [-0.1, -0.05) is 12.1 Å². The first-order chi connectivity index (χ1) is 9.20. The zero-order valence-corrected chi connectivity index (χ0v) is 11.6. The van der Waals surface area contributed by atoms with E-state index >= 15 is 0 Å². The predicted molar refractivity (Wildman–Crippen MR) is 77.0 cm³/mol. The number of nitrogens with zero attached hydrogens (tertiary/aromatic N) is 1. The van der Waals surface area contributed by atoms with Gasteiger partial charge in [-0.2, -0.15) is 5.11 Å². The quantitative estimate of drug-likeness (QED) is 0.782. The van der Waals surface area contributed by atoms with Gasteiger partial charge in [0.05, 0.1) is 10.9 Å². The van der Waals surface area contributed by atoms with E-state index in [1.165, 1.54) is 35.3 Å². The predicted octanol–water partition coefficient (Wildman–Crippen LogP) is 4.70. The molecule has 0 fully saturated rings. The molecule has 1 aromatic heterocycles. The number of aryl methyl sites for hydroxylation is 2. The molecule has 0 aliphatic heterocycles. The minimum Gasteiger partial charge on any atom is -0.506 e. The summed E-state index contributed by atoms with van der Waals surface area (Å²) in [4.78, 5) is 0.889. The SMILES string of the molecule is CC(N=N)c1csc(-c2ccc3c(c2)CCC3)c1O. The molecule has 3 nitrogen and oxygen atoms in total. The third kappa shape index (κ3) is 2.06. The number of fused-ring (bicyclic) bond motifs is 1. The van der Waals surface area contributed by atoms with Crippen molar-refractivity contribution < 1.29 is 5.11 Å². The lowest BCUT2D eigenvalue weighted by atomic mass is 10.0. The summed E-state index contributed by atoms with van der Waals surface area (Å²) in [5, 5.41) is 15.7. The lowest BCUT2D eigenvalue weighted by Crippen LogP contribution is -1.86. The number of hydrogen-bond donors (Lipinski definition) is 2. The molecule has 1 aliphatic carbocycles. The summed E-state index contributed by atoms with van der Waals surface area (Å²) >= 11 is 1.53. The summed E-state index contributed by atoms with van der Waals surface area (Å²) in [5.41, 5.74) is 11.7. The Kier molecular flexibility index (Phi) is 3.11. The van der Waals surface area contributed by atoms with E-state index in [-0.39, 0.29) is 11.8 Å². The molecule has 4 heteroatoms. The van der Waals surface area contributed by atoms with Gasteiger partial charge in [-0.05, 0) is 48.9 Å². The Labute approximate surface area is 116 Å². The molecule has 0 radical (unpaired) electrons. The van der Waals surface area contributed by atoms with Crippen LogP contribution in [0.2, 0.25) is 0 Å². The average Bonchev–Trinajstić information content (AvgIpc) is 3.03. The van der Waals surface area contributed by atoms with Gasteiger partial charge in [0.1, 0.15) is 5.75 Å². The van der Waals surface area contributed by atoms with Crippen molar-refractivity contribution in [2.75, 3.05) is 0 Å². The van der Waals surface area contributed by atoms with Gasteiger partial charge in [-0.3, -0.25) is 0 Å². The molecule has 2 aromatic rings. The summed E-state index contributed by atoms with van der Waals surface area (Å²) in [6.07, 6.45) is 3.54. The van der Waals surface area contributed by atoms with Crippen LogP contribution in [0.25, 0.3) is 10.4 Å². The minimum absolute atomic E-state index is 0.278. The van der Waals surface area contributed by atoms with Crippen molar-refractivity contribution in [3.05, 3.63) is 40.3 Å². The van der Waals surface area contributed by atoms with Gasteiger partial charge in [0.2, 0.25) is 0 Å². The summed E-state index contributed by atoms with van der Waals surface area (Å²) < 4.78 is 0. The summed E-state index contributed by atoms with van der Waals surface area (Å²) in [5.74, 6) is 0.284. The Morgan fingerprint density at radius 3 is 2.89 bits per heavy atom. The topological polar surface area (TPSA) is 56.4 Å². The normalized spacial score (nSPS) is 15.2. The van der Waals surface area contributed by atoms with Crippen LogP contribution < -0.4 is 0 Å². The summed E-state index contributed by atoms with van der Waals surface area (Å²) in [6, 6.07) is 6.18. The van der Waals surface area contributed by atoms with Gasteiger partial charge in [0.15, 0.2) is 0 Å². The Balaban J connectivity index is 2.03. The van der Waals surface area contributed by atoms with Crippen LogP contribution in [-0.4, -0.2) is 5.11 Å². The Morgan fingerprint density at radius 1 is 1.32 bits per heavy atom. The second kappa shape index (κ2) is 4.78. The monoisotopic (exact) mass is 272 g/mol. The zero-order chi connectivity index (χ0) is 13.4. The third-order valence-electron chi connectivity index (χ3n) is 3.80. The molecule has 0 saturated carbocycles. The highest BCUT2D eigenvalue weighted by Crippen LogP contribution is 2.42. The van der Waals surface area contributed by atoms with Crippen molar-refractivity contribution in [2.24, 2.45) is 5.11 Å². The van der Waals surface area contributed by atoms with E-state index in [0.717, 1.165) is 22.4 Å². The van der Waals surface area contributed by atoms with Gasteiger partial charge >= 0.3 is 0 Å². The van der Waals surface area contributed by atoms with Crippen molar-refractivity contribution in [1.82, 2.24) is 0 Å². The Bertz CT molecular complexity index is 633. The highest BCUT2D eigenvalue weighted by Gasteiger charge is 2.18. The smallest absolute Gasteiger partial charge is 0.139 e. The molecule has 1 unspecified atom stereocenters. The maximum atomic E-state index is 10.3. The highest BCUT2D eigenvalue weighted by molar-refractivity contribution is 7.14. The van der Waals surface area contributed by atoms with Crippen molar-refractivity contribution in [1.29, 1.82) is 5.53 Å². The van der Waals surface area contributed by atoms with Gasteiger partial charge < -0.3 is 5.11 Å². The Hall–Kier alpha value is -1.68. The maximum Gasteiger partial charge on any atom is 0.139 e. The molecule has 98 valence electrons. The number of aromatic hydroxyl groups is 1. The number of hydrogen-bond acceptors (Lipinski definition) is 4. The zero-order valence-electron chi connectivity index (χ0n) is 10.8. The minimum atomic E-state index is -0.278. The number of rotatable bonds is 3. The lowest BCUT2D eigenvalue weighted by molar-refractivity contribution is 0.467. The van der Waals surface area contributed by atoms with E-state index in [4.69, 9.17) is 5.53 Å². The first-order valence-corrected chi connectivity index (χ1v) is 7.37. The van der Waals surface area contributed by atoms with Gasteiger partial charge in [-0.25, -0.2) is 5.53 Å². The van der Waals surface area contributed by atoms with Crippen LogP contribution in [0.4, 0.5) is 0 Å². The van der Waals surface area contributed by atoms with Crippen LogP contribution in [0, 0.1) is 5.53 Å². The first kappa shape index (κ1) is 12.4. The van der Waals surface area contributed by atoms with Crippen molar-refractivity contribution in [3.8, 4) is 16.2 Å². The average molecular weight is 272 g/mol. The van der Waals surface area contributed by atoms with E-state index in [0.29, 0.717) is 0 Å². The Morgan fingerprint density at radius 2 is 2.11 bits per heavy atom. The molecular weight excluding hydrogens is 256 g/mol. The second-order valence-corrected chi connectivity index (χ2v) is 5.89. The molecular formula is C15H16N2OS. The van der Waals surface area contributed by atoms with Crippen molar-refractivity contribution in [2.45, 2.75) is 32.2 Å². The molecule has 0 bridgehead atoms. The third-order valence-corrected chi connectivity index (χ3v) is 4.83. The summed E-state index contributed by atoms with van der Waals surface area (Å²) in [7, 11) is 0. The number of thiophene rings is 1. The molecule has 19 heavy (non-hydrogen) atoms. The molecule has 0 amide bonds. The summed E-state index contributed by atoms with van der Waals surface area (Å²) in [6.45, 7) is 1.82. The molecule has 1 aliphatic rings. The fourth-order valence-corrected chi connectivity index (χ4v) is 3.69. The largest absolute Gasteiger partial charge is 0.506 e.